The molecule has 3 fully saturated rings. The van der Waals surface area contributed by atoms with Crippen molar-refractivity contribution >= 4 is 23.2 Å². The van der Waals surface area contributed by atoms with E-state index >= 15 is 8.78 Å². The first-order valence-electron chi connectivity index (χ1n) is 18.3. The lowest BCUT2D eigenvalue weighted by Gasteiger charge is -2.56. The highest BCUT2D eigenvalue weighted by Crippen LogP contribution is 2.60. The Morgan fingerprint density at radius 2 is 1.48 bits per heavy atom. The van der Waals surface area contributed by atoms with E-state index in [0.717, 1.165) is 134 Å². The zero-order valence-corrected chi connectivity index (χ0v) is 29.9. The van der Waals surface area contributed by atoms with Crippen LogP contribution in [0.15, 0.2) is 41.9 Å². The van der Waals surface area contributed by atoms with Crippen LogP contribution in [0, 0.1) is 23.0 Å². The van der Waals surface area contributed by atoms with Crippen LogP contribution in [0.4, 0.5) is 8.78 Å². The van der Waals surface area contributed by atoms with Gasteiger partial charge in [0, 0.05) is 28.0 Å². The van der Waals surface area contributed by atoms with Gasteiger partial charge < -0.3 is 9.47 Å². The van der Waals surface area contributed by atoms with Gasteiger partial charge in [0.05, 0.1) is 18.8 Å². The van der Waals surface area contributed by atoms with Crippen LogP contribution in [-0.2, 0) is 27.1 Å². The summed E-state index contributed by atoms with van der Waals surface area (Å²) in [6.45, 7) is 7.03. The van der Waals surface area contributed by atoms with Crippen LogP contribution in [0.25, 0.3) is 0 Å². The number of unbranched alkanes of at least 4 members (excludes halogenated alkanes) is 3. The van der Waals surface area contributed by atoms with Crippen molar-refractivity contribution in [2.24, 2.45) is 11.3 Å². The summed E-state index contributed by atoms with van der Waals surface area (Å²) in [4.78, 5) is 0. The molecule has 0 amide bonds. The molecule has 2 saturated carbocycles. The Bertz CT molecular complexity index is 1140. The summed E-state index contributed by atoms with van der Waals surface area (Å²) in [7, 11) is 0. The van der Waals surface area contributed by atoms with Crippen LogP contribution in [0.5, 0.6) is 0 Å². The average molecular weight is 680 g/mol. The molecule has 0 spiro atoms. The minimum atomic E-state index is -1.29. The van der Waals surface area contributed by atoms with E-state index in [0.29, 0.717) is 25.2 Å². The molecule has 0 radical (unpaired) electrons. The minimum absolute atomic E-state index is 0.199. The van der Waals surface area contributed by atoms with Crippen molar-refractivity contribution in [2.75, 3.05) is 13.2 Å². The first-order valence-corrected chi connectivity index (χ1v) is 19.2. The smallest absolute Gasteiger partial charge is 0.203 e. The lowest BCUT2D eigenvalue weighted by molar-refractivity contribution is -0.356. The van der Waals surface area contributed by atoms with Gasteiger partial charge in [-0.15, -0.1) is 6.58 Å². The highest BCUT2D eigenvalue weighted by Gasteiger charge is 2.59. The van der Waals surface area contributed by atoms with E-state index in [4.69, 9.17) is 32.7 Å². The molecule has 2 aliphatic carbocycles. The van der Waals surface area contributed by atoms with Crippen LogP contribution in [0.1, 0.15) is 152 Å². The van der Waals surface area contributed by atoms with Gasteiger partial charge in [-0.05, 0) is 101 Å². The van der Waals surface area contributed by atoms with Crippen LogP contribution in [0.3, 0.4) is 0 Å². The Labute approximate surface area is 288 Å². The maximum atomic E-state index is 17.7. The third kappa shape index (κ3) is 8.50. The monoisotopic (exact) mass is 678 g/mol. The molecular formula is C40H58Cl2F2O2. The second-order valence-corrected chi connectivity index (χ2v) is 14.8. The number of benzene rings is 1. The second kappa shape index (κ2) is 18.5. The molecular weight excluding hydrogens is 621 g/mol. The van der Waals surface area contributed by atoms with Gasteiger partial charge in [-0.25, -0.2) is 8.78 Å². The van der Waals surface area contributed by atoms with Gasteiger partial charge in [0.25, 0.3) is 0 Å². The summed E-state index contributed by atoms with van der Waals surface area (Å²) in [5, 5.41) is 0. The number of rotatable bonds is 17. The van der Waals surface area contributed by atoms with E-state index in [2.05, 4.69) is 13.5 Å². The summed E-state index contributed by atoms with van der Waals surface area (Å²) < 4.78 is 48.4. The van der Waals surface area contributed by atoms with Crippen molar-refractivity contribution in [1.82, 2.24) is 0 Å². The highest BCUT2D eigenvalue weighted by molar-refractivity contribution is 6.25. The summed E-state index contributed by atoms with van der Waals surface area (Å²) >= 11 is 12.0. The fraction of sp³-hybridized carbons (Fsp3) is 0.700. The lowest BCUT2D eigenvalue weighted by Crippen LogP contribution is -2.56. The molecule has 6 heteroatoms. The molecule has 0 bridgehead atoms. The van der Waals surface area contributed by atoms with E-state index in [9.17, 15) is 0 Å². The molecule has 0 unspecified atom stereocenters. The topological polar surface area (TPSA) is 18.5 Å². The predicted octanol–water partition coefficient (Wildman–Crippen LogP) is 13.1. The fourth-order valence-corrected chi connectivity index (χ4v) is 9.13. The first kappa shape index (κ1) is 37.6. The Morgan fingerprint density at radius 1 is 0.848 bits per heavy atom. The highest BCUT2D eigenvalue weighted by atomic mass is 35.5. The maximum Gasteiger partial charge on any atom is 0.203 e. The Hall–Kier alpha value is -1.20. The first-order chi connectivity index (χ1) is 22.4. The molecule has 1 saturated heterocycles. The number of hydrogen-bond donors (Lipinski definition) is 0. The molecule has 3 aliphatic rings. The van der Waals surface area contributed by atoms with Gasteiger partial charge in [0.15, 0.2) is 0 Å². The predicted molar refractivity (Wildman–Crippen MR) is 189 cm³/mol. The third-order valence-corrected chi connectivity index (χ3v) is 11.7. The van der Waals surface area contributed by atoms with Gasteiger partial charge in [0.2, 0.25) is 5.79 Å². The molecule has 1 heterocycles. The standard InChI is InChI=1S/C40H58Cl2F2O2/c1-3-5-9-19-32-30-45-40(46-31-32,39(26-16-18-28-42)24-13-8-14-25-39)36-34(29-35(43)33(37(36)44)20-10-6-4-2)38(23-15-17-27-41)21-11-7-12-22-38/h3,17-18,27-29,32H,1,4-16,19-26,30-31H2,2H3/b27-17+,28-18+. The molecule has 0 atom stereocenters. The van der Waals surface area contributed by atoms with Crippen LogP contribution in [-0.4, -0.2) is 13.2 Å². The molecule has 1 aliphatic heterocycles. The Kier molecular flexibility index (Phi) is 15.2. The number of allylic oxidation sites excluding steroid dienone is 3. The summed E-state index contributed by atoms with van der Waals surface area (Å²) in [6, 6.07) is 1.72. The van der Waals surface area contributed by atoms with E-state index < -0.39 is 22.8 Å². The quantitative estimate of drug-likeness (QED) is 0.121. The summed E-state index contributed by atoms with van der Waals surface area (Å²) in [6.07, 6.45) is 25.0. The number of ether oxygens (including phenoxy) is 2. The van der Waals surface area contributed by atoms with Gasteiger partial charge in [-0.1, -0.05) is 99.7 Å². The average Bonchev–Trinajstić information content (AvgIpc) is 3.08. The lowest BCUT2D eigenvalue weighted by atomic mass is 9.59. The second-order valence-electron chi connectivity index (χ2n) is 14.3. The molecule has 1 aromatic carbocycles. The third-order valence-electron chi connectivity index (χ3n) is 11.4. The Balaban J connectivity index is 1.97. The van der Waals surface area contributed by atoms with Crippen molar-refractivity contribution < 1.29 is 18.3 Å². The van der Waals surface area contributed by atoms with E-state index in [-0.39, 0.29) is 16.9 Å². The largest absolute Gasteiger partial charge is 0.345 e. The molecule has 46 heavy (non-hydrogen) atoms. The SMILES string of the molecule is C=CCCCC1COC(c2c(C3(CC/C=C/Cl)CCCCC3)cc(F)c(CCCCC)c2F)(C2(CC/C=C/Cl)CCCCC2)OC1. The van der Waals surface area contributed by atoms with Gasteiger partial charge >= 0.3 is 0 Å². The van der Waals surface area contributed by atoms with E-state index in [1.807, 2.05) is 18.2 Å². The zero-order valence-electron chi connectivity index (χ0n) is 28.3. The molecule has 1 aromatic rings. The van der Waals surface area contributed by atoms with Gasteiger partial charge in [-0.3, -0.25) is 0 Å². The van der Waals surface area contributed by atoms with Crippen molar-refractivity contribution in [3.8, 4) is 0 Å². The molecule has 4 rings (SSSR count). The maximum absolute atomic E-state index is 17.7. The summed E-state index contributed by atoms with van der Waals surface area (Å²) in [5.41, 5.74) is 3.82. The minimum Gasteiger partial charge on any atom is -0.345 e. The Morgan fingerprint density at radius 3 is 2.09 bits per heavy atom. The normalized spacial score (nSPS) is 24.9. The van der Waals surface area contributed by atoms with Crippen LogP contribution in [0.2, 0.25) is 0 Å². The molecule has 2 nitrogen and oxygen atoms in total. The molecule has 258 valence electrons. The number of hydrogen-bond acceptors (Lipinski definition) is 2. The summed E-state index contributed by atoms with van der Waals surface area (Å²) in [5.74, 6) is -1.90. The molecule has 0 N–H and O–H groups in total. The van der Waals surface area contributed by atoms with Crippen LogP contribution >= 0.6 is 23.2 Å². The van der Waals surface area contributed by atoms with E-state index in [1.165, 1.54) is 0 Å². The van der Waals surface area contributed by atoms with Crippen molar-refractivity contribution in [1.29, 1.82) is 0 Å². The number of halogens is 4. The van der Waals surface area contributed by atoms with Crippen LogP contribution < -0.4 is 0 Å². The fourth-order valence-electron chi connectivity index (χ4n) is 8.87. The van der Waals surface area contributed by atoms with Crippen molar-refractivity contribution in [3.63, 3.8) is 0 Å². The zero-order chi connectivity index (χ0) is 32.9. The van der Waals surface area contributed by atoms with Gasteiger partial charge in [-0.2, -0.15) is 0 Å². The van der Waals surface area contributed by atoms with E-state index in [1.54, 1.807) is 17.1 Å². The van der Waals surface area contributed by atoms with Gasteiger partial charge in [0.1, 0.15) is 11.6 Å². The van der Waals surface area contributed by atoms with Crippen molar-refractivity contribution in [2.45, 2.75) is 153 Å². The molecule has 0 aromatic heterocycles. The van der Waals surface area contributed by atoms with Crippen molar-refractivity contribution in [3.05, 3.63) is 70.3 Å².